The van der Waals surface area contributed by atoms with Crippen LogP contribution >= 0.6 is 12.2 Å². The Morgan fingerprint density at radius 3 is 2.79 bits per heavy atom. The van der Waals surface area contributed by atoms with Crippen LogP contribution in [0, 0.1) is 10.7 Å². The van der Waals surface area contributed by atoms with Crippen molar-refractivity contribution in [3.05, 3.63) is 51.5 Å². The maximum Gasteiger partial charge on any atom is 0.269 e. The van der Waals surface area contributed by atoms with E-state index in [1.165, 1.54) is 16.7 Å². The molecule has 0 atom stereocenters. The monoisotopic (exact) mass is 344 g/mol. The zero-order valence-electron chi connectivity index (χ0n) is 12.8. The van der Waals surface area contributed by atoms with Crippen LogP contribution in [-0.4, -0.2) is 21.4 Å². The van der Waals surface area contributed by atoms with Gasteiger partial charge in [-0.3, -0.25) is 29.8 Å². The SMILES string of the molecule is C=CCn1c(=S)[nH]c2cc(C(=O)NNC(=O)C3CC3)ccc2c1=O. The molecular weight excluding hydrogens is 328 g/mol. The first kappa shape index (κ1) is 16.1. The van der Waals surface area contributed by atoms with Gasteiger partial charge in [-0.2, -0.15) is 0 Å². The van der Waals surface area contributed by atoms with Gasteiger partial charge in [0.25, 0.3) is 11.5 Å². The van der Waals surface area contributed by atoms with Gasteiger partial charge in [-0.05, 0) is 43.3 Å². The number of aromatic nitrogens is 2. The first-order valence-electron chi connectivity index (χ1n) is 7.49. The van der Waals surface area contributed by atoms with Crippen molar-refractivity contribution in [2.24, 2.45) is 5.92 Å². The fraction of sp³-hybridized carbons (Fsp3) is 0.250. The molecule has 0 unspecified atom stereocenters. The summed E-state index contributed by atoms with van der Waals surface area (Å²) in [6.45, 7) is 3.90. The first-order chi connectivity index (χ1) is 11.5. The lowest BCUT2D eigenvalue weighted by Gasteiger charge is -2.09. The summed E-state index contributed by atoms with van der Waals surface area (Å²) in [7, 11) is 0. The van der Waals surface area contributed by atoms with Crippen LogP contribution in [0.4, 0.5) is 0 Å². The second kappa shape index (κ2) is 6.40. The molecule has 1 heterocycles. The van der Waals surface area contributed by atoms with E-state index in [-0.39, 0.29) is 22.2 Å². The Balaban J connectivity index is 1.88. The topological polar surface area (TPSA) is 96.0 Å². The van der Waals surface area contributed by atoms with E-state index in [9.17, 15) is 14.4 Å². The second-order valence-corrected chi connectivity index (χ2v) is 6.00. The van der Waals surface area contributed by atoms with E-state index in [4.69, 9.17) is 12.2 Å². The molecule has 0 saturated heterocycles. The molecule has 3 N–H and O–H groups in total. The van der Waals surface area contributed by atoms with E-state index in [0.29, 0.717) is 23.0 Å². The number of rotatable bonds is 4. The highest BCUT2D eigenvalue weighted by atomic mass is 32.1. The van der Waals surface area contributed by atoms with Crippen LogP contribution in [0.2, 0.25) is 0 Å². The molecule has 1 saturated carbocycles. The number of benzene rings is 1. The number of fused-ring (bicyclic) bond motifs is 1. The summed E-state index contributed by atoms with van der Waals surface area (Å²) in [5.74, 6) is -0.641. The van der Waals surface area contributed by atoms with Crippen molar-refractivity contribution >= 4 is 34.9 Å². The molecule has 7 nitrogen and oxygen atoms in total. The standard InChI is InChI=1S/C16H16N4O3S/c1-2-7-20-15(23)11-6-5-10(8-12(11)17-16(20)24)14(22)19-18-13(21)9-3-4-9/h2,5-6,8-9H,1,3-4,7H2,(H,17,24)(H,18,21)(H,19,22). The molecule has 1 aromatic heterocycles. The van der Waals surface area contributed by atoms with Crippen LogP contribution in [0.3, 0.4) is 0 Å². The van der Waals surface area contributed by atoms with Crippen molar-refractivity contribution in [2.75, 3.05) is 0 Å². The van der Waals surface area contributed by atoms with E-state index < -0.39 is 5.91 Å². The maximum atomic E-state index is 12.4. The van der Waals surface area contributed by atoms with E-state index in [1.54, 1.807) is 12.1 Å². The Hall–Kier alpha value is -2.74. The molecule has 24 heavy (non-hydrogen) atoms. The van der Waals surface area contributed by atoms with Gasteiger partial charge < -0.3 is 4.98 Å². The van der Waals surface area contributed by atoms with Gasteiger partial charge in [0.2, 0.25) is 5.91 Å². The van der Waals surface area contributed by atoms with Crippen molar-refractivity contribution in [1.29, 1.82) is 0 Å². The first-order valence-corrected chi connectivity index (χ1v) is 7.90. The molecule has 2 amide bonds. The van der Waals surface area contributed by atoms with Crippen LogP contribution in [0.25, 0.3) is 10.9 Å². The van der Waals surface area contributed by atoms with Gasteiger partial charge in [0, 0.05) is 18.0 Å². The number of carbonyl (C=O) groups is 2. The van der Waals surface area contributed by atoms with Gasteiger partial charge in [-0.1, -0.05) is 6.08 Å². The quantitative estimate of drug-likeness (QED) is 0.444. The van der Waals surface area contributed by atoms with E-state index in [1.807, 2.05) is 0 Å². The predicted octanol–water partition coefficient (Wildman–Crippen LogP) is 1.42. The maximum absolute atomic E-state index is 12.4. The average Bonchev–Trinajstić information content (AvgIpc) is 3.40. The molecule has 1 fully saturated rings. The number of aromatic amines is 1. The van der Waals surface area contributed by atoms with Crippen molar-refractivity contribution in [2.45, 2.75) is 19.4 Å². The zero-order chi connectivity index (χ0) is 17.3. The summed E-state index contributed by atoms with van der Waals surface area (Å²) in [5, 5.41) is 0.420. The summed E-state index contributed by atoms with van der Waals surface area (Å²) >= 11 is 5.16. The molecule has 124 valence electrons. The number of nitrogens with zero attached hydrogens (tertiary/aromatic N) is 1. The second-order valence-electron chi connectivity index (χ2n) is 5.61. The zero-order valence-corrected chi connectivity index (χ0v) is 13.6. The Morgan fingerprint density at radius 1 is 1.38 bits per heavy atom. The number of allylic oxidation sites excluding steroid dienone is 1. The fourth-order valence-electron chi connectivity index (χ4n) is 2.33. The Morgan fingerprint density at radius 2 is 2.12 bits per heavy atom. The summed E-state index contributed by atoms with van der Waals surface area (Å²) < 4.78 is 1.65. The summed E-state index contributed by atoms with van der Waals surface area (Å²) in [4.78, 5) is 39.0. The molecule has 0 radical (unpaired) electrons. The summed E-state index contributed by atoms with van der Waals surface area (Å²) in [6, 6.07) is 4.61. The Labute approximate surface area is 142 Å². The van der Waals surface area contributed by atoms with E-state index >= 15 is 0 Å². The van der Waals surface area contributed by atoms with Crippen LogP contribution in [-0.2, 0) is 11.3 Å². The minimum absolute atomic E-state index is 0.00124. The largest absolute Gasteiger partial charge is 0.332 e. The molecule has 3 rings (SSSR count). The normalized spacial score (nSPS) is 13.5. The lowest BCUT2D eigenvalue weighted by Crippen LogP contribution is -2.42. The highest BCUT2D eigenvalue weighted by molar-refractivity contribution is 7.71. The van der Waals surface area contributed by atoms with Crippen molar-refractivity contribution in [3.63, 3.8) is 0 Å². The van der Waals surface area contributed by atoms with Crippen molar-refractivity contribution in [3.8, 4) is 0 Å². The van der Waals surface area contributed by atoms with Gasteiger partial charge in [0.15, 0.2) is 4.77 Å². The van der Waals surface area contributed by atoms with E-state index in [2.05, 4.69) is 22.4 Å². The highest BCUT2D eigenvalue weighted by Gasteiger charge is 2.29. The number of hydrazine groups is 1. The van der Waals surface area contributed by atoms with Crippen LogP contribution < -0.4 is 16.4 Å². The molecule has 1 aliphatic rings. The molecular formula is C16H16N4O3S. The third-order valence-corrected chi connectivity index (χ3v) is 4.13. The lowest BCUT2D eigenvalue weighted by molar-refractivity contribution is -0.123. The highest BCUT2D eigenvalue weighted by Crippen LogP contribution is 2.28. The average molecular weight is 344 g/mol. The van der Waals surface area contributed by atoms with Crippen molar-refractivity contribution in [1.82, 2.24) is 20.4 Å². The van der Waals surface area contributed by atoms with Crippen LogP contribution in [0.5, 0.6) is 0 Å². The van der Waals surface area contributed by atoms with Crippen LogP contribution in [0.15, 0.2) is 35.6 Å². The molecule has 8 heteroatoms. The minimum Gasteiger partial charge on any atom is -0.332 e. The number of hydrogen-bond acceptors (Lipinski definition) is 4. The summed E-state index contributed by atoms with van der Waals surface area (Å²) in [5.41, 5.74) is 5.29. The van der Waals surface area contributed by atoms with E-state index in [0.717, 1.165) is 12.8 Å². The molecule has 2 aromatic rings. The molecule has 0 bridgehead atoms. The number of H-pyrrole nitrogens is 1. The van der Waals surface area contributed by atoms with Crippen LogP contribution in [0.1, 0.15) is 23.2 Å². The fourth-order valence-corrected chi connectivity index (χ4v) is 2.60. The lowest BCUT2D eigenvalue weighted by atomic mass is 10.1. The third kappa shape index (κ3) is 3.13. The van der Waals surface area contributed by atoms with Gasteiger partial charge >= 0.3 is 0 Å². The summed E-state index contributed by atoms with van der Waals surface area (Å²) in [6.07, 6.45) is 3.29. The molecule has 1 aliphatic carbocycles. The van der Waals surface area contributed by atoms with Crippen molar-refractivity contribution < 1.29 is 9.59 Å². The minimum atomic E-state index is -0.458. The smallest absolute Gasteiger partial charge is 0.269 e. The number of amides is 2. The van der Waals surface area contributed by atoms with Gasteiger partial charge in [0.05, 0.1) is 10.9 Å². The number of nitrogens with one attached hydrogen (secondary N) is 3. The molecule has 0 aliphatic heterocycles. The Bertz CT molecular complexity index is 956. The van der Waals surface area contributed by atoms with Gasteiger partial charge in [-0.25, -0.2) is 0 Å². The molecule has 0 spiro atoms. The Kier molecular flexibility index (Phi) is 4.30. The van der Waals surface area contributed by atoms with Gasteiger partial charge in [0.1, 0.15) is 0 Å². The molecule has 1 aromatic carbocycles. The number of carbonyl (C=O) groups excluding carboxylic acids is 2. The number of hydrogen-bond donors (Lipinski definition) is 3. The predicted molar refractivity (Wildman–Crippen MR) is 91.9 cm³/mol. The van der Waals surface area contributed by atoms with Gasteiger partial charge in [-0.15, -0.1) is 6.58 Å². The third-order valence-electron chi connectivity index (χ3n) is 3.80.